The first-order chi connectivity index (χ1) is 11.6. The van der Waals surface area contributed by atoms with Gasteiger partial charge in [-0.2, -0.15) is 0 Å². The number of oxazole rings is 1. The Morgan fingerprint density at radius 3 is 2.67 bits per heavy atom. The highest BCUT2D eigenvalue weighted by Crippen LogP contribution is 2.26. The average Bonchev–Trinajstić information content (AvgIpc) is 3.07. The van der Waals surface area contributed by atoms with Gasteiger partial charge in [0, 0.05) is 11.3 Å². The van der Waals surface area contributed by atoms with Crippen LogP contribution in [0.4, 0.5) is 10.1 Å². The number of halogens is 1. The molecule has 0 bridgehead atoms. The van der Waals surface area contributed by atoms with Gasteiger partial charge < -0.3 is 19.6 Å². The Morgan fingerprint density at radius 1 is 1.25 bits per heavy atom. The van der Waals surface area contributed by atoms with Crippen molar-refractivity contribution in [2.24, 2.45) is 0 Å². The minimum absolute atomic E-state index is 0.0907. The van der Waals surface area contributed by atoms with E-state index < -0.39 is 11.7 Å². The second-order valence-corrected chi connectivity index (χ2v) is 4.88. The normalized spacial score (nSPS) is 10.4. The summed E-state index contributed by atoms with van der Waals surface area (Å²) in [4.78, 5) is 16.0. The summed E-state index contributed by atoms with van der Waals surface area (Å²) in [6.07, 6.45) is 1.34. The predicted molar refractivity (Wildman–Crippen MR) is 84.5 cm³/mol. The number of phenols is 1. The van der Waals surface area contributed by atoms with Gasteiger partial charge in [0.2, 0.25) is 0 Å². The lowest BCUT2D eigenvalue weighted by molar-refractivity contribution is 0.0991. The van der Waals surface area contributed by atoms with Gasteiger partial charge in [-0.05, 0) is 42.5 Å². The summed E-state index contributed by atoms with van der Waals surface area (Å²) in [6, 6.07) is 10.3. The molecule has 24 heavy (non-hydrogen) atoms. The van der Waals surface area contributed by atoms with Gasteiger partial charge in [-0.15, -0.1) is 0 Å². The van der Waals surface area contributed by atoms with Crippen molar-refractivity contribution in [3.05, 3.63) is 60.4 Å². The van der Waals surface area contributed by atoms with Gasteiger partial charge in [0.25, 0.3) is 5.89 Å². The van der Waals surface area contributed by atoms with Crippen LogP contribution >= 0.6 is 0 Å². The van der Waals surface area contributed by atoms with Crippen LogP contribution in [-0.2, 0) is 0 Å². The van der Waals surface area contributed by atoms with Crippen molar-refractivity contribution in [2.75, 3.05) is 12.4 Å². The Morgan fingerprint density at radius 2 is 2.00 bits per heavy atom. The number of amides is 1. The number of phenolic OH excluding ortho intramolecular Hbond substituents is 1. The van der Waals surface area contributed by atoms with E-state index in [2.05, 4.69) is 10.3 Å². The predicted octanol–water partition coefficient (Wildman–Crippen LogP) is 3.45. The van der Waals surface area contributed by atoms with Gasteiger partial charge in [0.1, 0.15) is 5.75 Å². The lowest BCUT2D eigenvalue weighted by atomic mass is 10.2. The SMILES string of the molecule is COc1ccc(-c2cnc(C(=O)Nc3ccc(O)cc3)o2)cc1F. The molecule has 7 heteroatoms. The van der Waals surface area contributed by atoms with Crippen LogP contribution in [0.25, 0.3) is 11.3 Å². The van der Waals surface area contributed by atoms with Gasteiger partial charge in [0.05, 0.1) is 13.3 Å². The zero-order valence-electron chi connectivity index (χ0n) is 12.6. The maximum Gasteiger partial charge on any atom is 0.311 e. The van der Waals surface area contributed by atoms with Crippen LogP contribution in [0.3, 0.4) is 0 Å². The zero-order chi connectivity index (χ0) is 17.1. The highest BCUT2D eigenvalue weighted by atomic mass is 19.1. The molecule has 0 saturated carbocycles. The van der Waals surface area contributed by atoms with E-state index >= 15 is 0 Å². The van der Waals surface area contributed by atoms with Crippen LogP contribution in [0.2, 0.25) is 0 Å². The molecule has 2 N–H and O–H groups in total. The zero-order valence-corrected chi connectivity index (χ0v) is 12.6. The third kappa shape index (κ3) is 3.19. The standard InChI is InChI=1S/C17H13FN2O4/c1-23-14-7-2-10(8-13(14)18)15-9-19-17(24-15)16(22)20-11-3-5-12(21)6-4-11/h2-9,21H,1H3,(H,20,22). The topological polar surface area (TPSA) is 84.6 Å². The van der Waals surface area contributed by atoms with Crippen LogP contribution in [0, 0.1) is 5.82 Å². The minimum Gasteiger partial charge on any atom is -0.508 e. The number of methoxy groups -OCH3 is 1. The second-order valence-electron chi connectivity index (χ2n) is 4.88. The summed E-state index contributed by atoms with van der Waals surface area (Å²) in [5.74, 6) is -0.791. The van der Waals surface area contributed by atoms with E-state index in [1.807, 2.05) is 0 Å². The number of carbonyl (C=O) groups excluding carboxylic acids is 1. The van der Waals surface area contributed by atoms with Crippen molar-refractivity contribution >= 4 is 11.6 Å². The number of carbonyl (C=O) groups is 1. The van der Waals surface area contributed by atoms with Crippen molar-refractivity contribution in [3.63, 3.8) is 0 Å². The van der Waals surface area contributed by atoms with Crippen molar-refractivity contribution in [1.82, 2.24) is 4.98 Å². The Bertz CT molecular complexity index is 875. The number of nitrogens with one attached hydrogen (secondary N) is 1. The monoisotopic (exact) mass is 328 g/mol. The summed E-state index contributed by atoms with van der Waals surface area (Å²) < 4.78 is 24.0. The maximum atomic E-state index is 13.7. The van der Waals surface area contributed by atoms with Crippen LogP contribution in [0.1, 0.15) is 10.7 Å². The Kier molecular flexibility index (Phi) is 4.15. The molecule has 0 saturated heterocycles. The highest BCUT2D eigenvalue weighted by Gasteiger charge is 2.15. The molecule has 0 radical (unpaired) electrons. The molecular formula is C17H13FN2O4. The van der Waals surface area contributed by atoms with Crippen molar-refractivity contribution < 1.29 is 23.4 Å². The first kappa shape index (κ1) is 15.5. The molecule has 1 amide bonds. The summed E-state index contributed by atoms with van der Waals surface area (Å²) in [6.45, 7) is 0. The molecule has 3 rings (SSSR count). The van der Waals surface area contributed by atoms with Crippen LogP contribution in [0.15, 0.2) is 53.1 Å². The van der Waals surface area contributed by atoms with E-state index in [0.29, 0.717) is 11.3 Å². The van der Waals surface area contributed by atoms with Crippen molar-refractivity contribution in [1.29, 1.82) is 0 Å². The number of hydrogen-bond donors (Lipinski definition) is 2. The lowest BCUT2D eigenvalue weighted by Gasteiger charge is -2.03. The molecule has 0 spiro atoms. The highest BCUT2D eigenvalue weighted by molar-refractivity contribution is 6.01. The fourth-order valence-electron chi connectivity index (χ4n) is 2.06. The average molecular weight is 328 g/mol. The van der Waals surface area contributed by atoms with Crippen LogP contribution < -0.4 is 10.1 Å². The van der Waals surface area contributed by atoms with E-state index in [-0.39, 0.29) is 23.1 Å². The van der Waals surface area contributed by atoms with E-state index in [9.17, 15) is 14.3 Å². The molecule has 0 aliphatic heterocycles. The summed E-state index contributed by atoms with van der Waals surface area (Å²) in [7, 11) is 1.37. The molecule has 0 fully saturated rings. The summed E-state index contributed by atoms with van der Waals surface area (Å²) in [5.41, 5.74) is 0.914. The molecule has 122 valence electrons. The quantitative estimate of drug-likeness (QED) is 0.717. The lowest BCUT2D eigenvalue weighted by Crippen LogP contribution is -2.11. The largest absolute Gasteiger partial charge is 0.508 e. The molecule has 0 unspecified atom stereocenters. The Hall–Kier alpha value is -3.35. The third-order valence-electron chi connectivity index (χ3n) is 3.26. The van der Waals surface area contributed by atoms with Crippen LogP contribution in [-0.4, -0.2) is 23.1 Å². The van der Waals surface area contributed by atoms with Crippen molar-refractivity contribution in [2.45, 2.75) is 0 Å². The van der Waals surface area contributed by atoms with Gasteiger partial charge >= 0.3 is 5.91 Å². The molecule has 6 nitrogen and oxygen atoms in total. The second kappa shape index (κ2) is 6.41. The maximum absolute atomic E-state index is 13.7. The van der Waals surface area contributed by atoms with E-state index in [1.165, 1.54) is 49.7 Å². The van der Waals surface area contributed by atoms with Gasteiger partial charge in [0.15, 0.2) is 17.3 Å². The third-order valence-corrected chi connectivity index (χ3v) is 3.26. The molecule has 1 heterocycles. The molecule has 0 aliphatic carbocycles. The number of nitrogens with zero attached hydrogens (tertiary/aromatic N) is 1. The summed E-state index contributed by atoms with van der Waals surface area (Å²) in [5, 5.41) is 11.8. The number of benzene rings is 2. The number of rotatable bonds is 4. The van der Waals surface area contributed by atoms with Gasteiger partial charge in [-0.25, -0.2) is 9.37 Å². The fraction of sp³-hybridized carbons (Fsp3) is 0.0588. The molecule has 2 aromatic carbocycles. The fourth-order valence-corrected chi connectivity index (χ4v) is 2.06. The molecule has 3 aromatic rings. The molecule has 0 atom stereocenters. The van der Waals surface area contributed by atoms with E-state index in [1.54, 1.807) is 6.07 Å². The van der Waals surface area contributed by atoms with E-state index in [4.69, 9.17) is 9.15 Å². The molecule has 0 aliphatic rings. The first-order valence-corrected chi connectivity index (χ1v) is 6.97. The number of anilines is 1. The van der Waals surface area contributed by atoms with Gasteiger partial charge in [-0.1, -0.05) is 0 Å². The Balaban J connectivity index is 1.78. The Labute approximate surface area is 136 Å². The molecule has 1 aromatic heterocycles. The summed E-state index contributed by atoms with van der Waals surface area (Å²) >= 11 is 0. The number of hydrogen-bond acceptors (Lipinski definition) is 5. The van der Waals surface area contributed by atoms with Crippen LogP contribution in [0.5, 0.6) is 11.5 Å². The number of ether oxygens (including phenoxy) is 1. The van der Waals surface area contributed by atoms with E-state index in [0.717, 1.165) is 0 Å². The first-order valence-electron chi connectivity index (χ1n) is 6.97. The van der Waals surface area contributed by atoms with Crippen molar-refractivity contribution in [3.8, 4) is 22.8 Å². The smallest absolute Gasteiger partial charge is 0.311 e. The minimum atomic E-state index is -0.555. The van der Waals surface area contributed by atoms with Gasteiger partial charge in [-0.3, -0.25) is 4.79 Å². The number of aromatic hydroxyl groups is 1. The molecular weight excluding hydrogens is 315 g/mol. The number of aromatic nitrogens is 1.